The minimum absolute atomic E-state index is 0.155. The fourth-order valence-corrected chi connectivity index (χ4v) is 3.69. The lowest BCUT2D eigenvalue weighted by Crippen LogP contribution is -2.00. The van der Waals surface area contributed by atoms with Crippen LogP contribution in [0.15, 0.2) is 77.3 Å². The highest BCUT2D eigenvalue weighted by Gasteiger charge is 2.09. The fourth-order valence-electron chi connectivity index (χ4n) is 2.61. The van der Waals surface area contributed by atoms with Crippen molar-refractivity contribution in [2.45, 2.75) is 11.5 Å². The first-order chi connectivity index (χ1) is 14.5. The lowest BCUT2D eigenvalue weighted by atomic mass is 10.2. The molecule has 0 saturated heterocycles. The summed E-state index contributed by atoms with van der Waals surface area (Å²) in [4.78, 5) is 12.8. The summed E-state index contributed by atoms with van der Waals surface area (Å²) in [7, 11) is -4.20. The average molecular weight is 441 g/mol. The first kappa shape index (κ1) is 20.0. The van der Waals surface area contributed by atoms with Crippen LogP contribution in [0.4, 0.5) is 11.6 Å². The van der Waals surface area contributed by atoms with E-state index in [-0.39, 0.29) is 11.5 Å². The van der Waals surface area contributed by atoms with Gasteiger partial charge in [-0.3, -0.25) is 4.55 Å². The van der Waals surface area contributed by atoms with Crippen LogP contribution in [0.3, 0.4) is 0 Å². The number of ether oxygens (including phenoxy) is 1. The first-order valence-electron chi connectivity index (χ1n) is 8.77. The van der Waals surface area contributed by atoms with E-state index in [4.69, 9.17) is 9.29 Å². The van der Waals surface area contributed by atoms with Gasteiger partial charge in [-0.2, -0.15) is 8.42 Å². The summed E-state index contributed by atoms with van der Waals surface area (Å²) < 4.78 is 37.0. The predicted molar refractivity (Wildman–Crippen MR) is 113 cm³/mol. The fraction of sp³-hybridized carbons (Fsp3) is 0.0500. The summed E-state index contributed by atoms with van der Waals surface area (Å²) >= 11 is 1.50. The predicted octanol–water partition coefficient (Wildman–Crippen LogP) is 4.17. The number of rotatable bonds is 7. The topological polar surface area (TPSA) is 114 Å². The highest BCUT2D eigenvalue weighted by Crippen LogP contribution is 2.23. The third-order valence-electron chi connectivity index (χ3n) is 4.02. The van der Waals surface area contributed by atoms with Crippen molar-refractivity contribution in [1.82, 2.24) is 15.0 Å². The molecule has 0 aliphatic rings. The van der Waals surface area contributed by atoms with Crippen LogP contribution in [0.1, 0.15) is 5.56 Å². The van der Waals surface area contributed by atoms with Crippen LogP contribution in [-0.2, 0) is 16.7 Å². The molecule has 0 saturated carbocycles. The van der Waals surface area contributed by atoms with E-state index in [9.17, 15) is 8.42 Å². The second-order valence-electron chi connectivity index (χ2n) is 6.16. The molecule has 2 aromatic heterocycles. The number of benzene rings is 2. The van der Waals surface area contributed by atoms with Crippen LogP contribution in [0, 0.1) is 0 Å². The van der Waals surface area contributed by atoms with E-state index < -0.39 is 10.1 Å². The average Bonchev–Trinajstić information content (AvgIpc) is 3.27. The zero-order chi connectivity index (χ0) is 21.0. The van der Waals surface area contributed by atoms with Gasteiger partial charge in [-0.25, -0.2) is 15.0 Å². The number of thiazole rings is 1. The largest absolute Gasteiger partial charge is 0.489 e. The van der Waals surface area contributed by atoms with Gasteiger partial charge in [0, 0.05) is 29.5 Å². The Morgan fingerprint density at radius 2 is 1.87 bits per heavy atom. The molecule has 0 spiro atoms. The van der Waals surface area contributed by atoms with Crippen molar-refractivity contribution >= 4 is 33.1 Å². The van der Waals surface area contributed by atoms with Gasteiger partial charge < -0.3 is 10.1 Å². The molecule has 0 fully saturated rings. The summed E-state index contributed by atoms with van der Waals surface area (Å²) in [6.45, 7) is 0.241. The molecule has 0 atom stereocenters. The SMILES string of the molecule is O=S(=O)(O)c1ccc(COc2cccc(Nc3nccc(-c4nccs4)n3)c2)cc1. The second-order valence-corrected chi connectivity index (χ2v) is 8.48. The third kappa shape index (κ3) is 4.98. The molecule has 152 valence electrons. The summed E-state index contributed by atoms with van der Waals surface area (Å²) in [5, 5.41) is 5.86. The van der Waals surface area contributed by atoms with E-state index >= 15 is 0 Å². The van der Waals surface area contributed by atoms with E-state index in [2.05, 4.69) is 20.3 Å². The smallest absolute Gasteiger partial charge is 0.294 e. The van der Waals surface area contributed by atoms with Crippen molar-refractivity contribution in [1.29, 1.82) is 0 Å². The monoisotopic (exact) mass is 440 g/mol. The van der Waals surface area contributed by atoms with Crippen molar-refractivity contribution in [3.63, 3.8) is 0 Å². The van der Waals surface area contributed by atoms with Gasteiger partial charge in [0.2, 0.25) is 5.95 Å². The molecule has 8 nitrogen and oxygen atoms in total. The molecule has 0 aliphatic heterocycles. The molecule has 2 aromatic carbocycles. The second kappa shape index (κ2) is 8.57. The van der Waals surface area contributed by atoms with E-state index in [0.717, 1.165) is 22.0 Å². The quantitative estimate of drug-likeness (QED) is 0.412. The van der Waals surface area contributed by atoms with Crippen molar-refractivity contribution in [3.05, 3.63) is 77.9 Å². The Hall–Kier alpha value is -3.34. The lowest BCUT2D eigenvalue weighted by molar-refractivity contribution is 0.306. The molecule has 4 aromatic rings. The lowest BCUT2D eigenvalue weighted by Gasteiger charge is -2.10. The molecule has 0 radical (unpaired) electrons. The molecule has 2 heterocycles. The minimum atomic E-state index is -4.20. The zero-order valence-corrected chi connectivity index (χ0v) is 17.1. The van der Waals surface area contributed by atoms with Crippen molar-refractivity contribution in [2.24, 2.45) is 0 Å². The first-order valence-corrected chi connectivity index (χ1v) is 11.1. The number of nitrogens with zero attached hydrogens (tertiary/aromatic N) is 3. The molecular weight excluding hydrogens is 424 g/mol. The van der Waals surface area contributed by atoms with Crippen LogP contribution in [0.25, 0.3) is 10.7 Å². The van der Waals surface area contributed by atoms with Crippen LogP contribution >= 0.6 is 11.3 Å². The van der Waals surface area contributed by atoms with E-state index in [1.54, 1.807) is 30.6 Å². The van der Waals surface area contributed by atoms with Gasteiger partial charge in [-0.15, -0.1) is 11.3 Å². The molecule has 0 aliphatic carbocycles. The van der Waals surface area contributed by atoms with Gasteiger partial charge in [0.15, 0.2) is 0 Å². The normalized spacial score (nSPS) is 11.2. The van der Waals surface area contributed by atoms with Crippen molar-refractivity contribution in [2.75, 3.05) is 5.32 Å². The highest BCUT2D eigenvalue weighted by atomic mass is 32.2. The number of nitrogens with one attached hydrogen (secondary N) is 1. The van der Waals surface area contributed by atoms with Crippen LogP contribution < -0.4 is 10.1 Å². The Bertz CT molecular complexity index is 1240. The third-order valence-corrected chi connectivity index (χ3v) is 5.69. The van der Waals surface area contributed by atoms with Gasteiger partial charge in [0.1, 0.15) is 23.1 Å². The molecule has 0 amide bonds. The Balaban J connectivity index is 1.42. The van der Waals surface area contributed by atoms with Gasteiger partial charge in [0.05, 0.1) is 4.90 Å². The van der Waals surface area contributed by atoms with Crippen molar-refractivity contribution in [3.8, 4) is 16.5 Å². The van der Waals surface area contributed by atoms with Gasteiger partial charge in [-0.05, 0) is 35.9 Å². The maximum absolute atomic E-state index is 11.1. The molecular formula is C20H16N4O4S2. The Morgan fingerprint density at radius 3 is 2.60 bits per heavy atom. The van der Waals surface area contributed by atoms with E-state index in [1.807, 2.05) is 29.6 Å². The molecule has 0 unspecified atom stereocenters. The molecule has 10 heteroatoms. The summed E-state index contributed by atoms with van der Waals surface area (Å²) in [5.41, 5.74) is 2.26. The Morgan fingerprint density at radius 1 is 1.03 bits per heavy atom. The molecule has 30 heavy (non-hydrogen) atoms. The van der Waals surface area contributed by atoms with E-state index in [0.29, 0.717) is 11.7 Å². The number of aromatic nitrogens is 3. The Kier molecular flexibility index (Phi) is 5.70. The highest BCUT2D eigenvalue weighted by molar-refractivity contribution is 7.85. The maximum atomic E-state index is 11.1. The van der Waals surface area contributed by atoms with Crippen LogP contribution in [0.5, 0.6) is 5.75 Å². The summed E-state index contributed by atoms with van der Waals surface area (Å²) in [5.74, 6) is 1.07. The van der Waals surface area contributed by atoms with Crippen LogP contribution in [-0.4, -0.2) is 27.9 Å². The van der Waals surface area contributed by atoms with Gasteiger partial charge >= 0.3 is 0 Å². The molecule has 0 bridgehead atoms. The number of anilines is 2. The summed E-state index contributed by atoms with van der Waals surface area (Å²) in [6, 6.07) is 15.0. The molecule has 2 N–H and O–H groups in total. The minimum Gasteiger partial charge on any atom is -0.489 e. The Labute approximate surface area is 177 Å². The van der Waals surface area contributed by atoms with E-state index in [1.165, 1.54) is 23.5 Å². The zero-order valence-electron chi connectivity index (χ0n) is 15.5. The standard InChI is InChI=1S/C20H16N4O4S2/c25-30(26,27)17-6-4-14(5-7-17)13-28-16-3-1-2-15(12-16)23-20-22-9-8-18(24-20)19-21-10-11-29-19/h1-12H,13H2,(H,22,23,24)(H,25,26,27). The molecule has 4 rings (SSSR count). The number of hydrogen-bond acceptors (Lipinski definition) is 8. The maximum Gasteiger partial charge on any atom is 0.294 e. The number of hydrogen-bond donors (Lipinski definition) is 2. The van der Waals surface area contributed by atoms with Crippen LogP contribution in [0.2, 0.25) is 0 Å². The van der Waals surface area contributed by atoms with Gasteiger partial charge in [0.25, 0.3) is 10.1 Å². The van der Waals surface area contributed by atoms with Gasteiger partial charge in [-0.1, -0.05) is 18.2 Å². The van der Waals surface area contributed by atoms with Crippen molar-refractivity contribution < 1.29 is 17.7 Å². The summed E-state index contributed by atoms with van der Waals surface area (Å²) in [6.07, 6.45) is 3.40.